The van der Waals surface area contributed by atoms with Gasteiger partial charge in [0.2, 0.25) is 0 Å². The van der Waals surface area contributed by atoms with Gasteiger partial charge in [0.1, 0.15) is 11.6 Å². The molecule has 0 aromatic carbocycles. The quantitative estimate of drug-likeness (QED) is 0.814. The molecule has 3 heterocycles. The first-order valence-corrected chi connectivity index (χ1v) is 9.83. The second kappa shape index (κ2) is 9.09. The number of Topliss-reactive ketones (excluding diaryl/α,β-unsaturated/α-hetero) is 1. The highest BCUT2D eigenvalue weighted by Crippen LogP contribution is 2.26. The number of carbonyl (C=O) groups excluding carboxylic acids is 1. The van der Waals surface area contributed by atoms with Gasteiger partial charge in [-0.05, 0) is 55.4 Å². The minimum atomic E-state index is -0.0767. The fourth-order valence-corrected chi connectivity index (χ4v) is 3.50. The average molecular weight is 367 g/mol. The summed E-state index contributed by atoms with van der Waals surface area (Å²) in [6.07, 6.45) is 5.68. The van der Waals surface area contributed by atoms with Crippen LogP contribution in [-0.4, -0.2) is 33.9 Å². The summed E-state index contributed by atoms with van der Waals surface area (Å²) in [4.78, 5) is 23.7. The summed E-state index contributed by atoms with van der Waals surface area (Å²) in [5, 5.41) is 9.05. The maximum absolute atomic E-state index is 12.4. The summed E-state index contributed by atoms with van der Waals surface area (Å²) in [6.45, 7) is 6.34. The lowest BCUT2D eigenvalue weighted by atomic mass is 9.98. The maximum atomic E-state index is 12.4. The van der Waals surface area contributed by atoms with Gasteiger partial charge in [-0.15, -0.1) is 0 Å². The minimum Gasteiger partial charge on any atom is -0.390 e. The number of anilines is 1. The van der Waals surface area contributed by atoms with E-state index in [1.807, 2.05) is 19.1 Å². The van der Waals surface area contributed by atoms with Gasteiger partial charge in [0.05, 0.1) is 12.3 Å². The van der Waals surface area contributed by atoms with E-state index in [2.05, 4.69) is 22.9 Å². The third-order valence-corrected chi connectivity index (χ3v) is 5.30. The van der Waals surface area contributed by atoms with Crippen LogP contribution in [0.25, 0.3) is 0 Å². The van der Waals surface area contributed by atoms with Gasteiger partial charge in [0.15, 0.2) is 0 Å². The van der Waals surface area contributed by atoms with Gasteiger partial charge in [-0.3, -0.25) is 9.78 Å². The number of nitrogens with zero attached hydrogens (tertiary/aromatic N) is 3. The van der Waals surface area contributed by atoms with E-state index in [0.29, 0.717) is 18.5 Å². The van der Waals surface area contributed by atoms with Crippen molar-refractivity contribution in [1.82, 2.24) is 9.97 Å². The van der Waals surface area contributed by atoms with Gasteiger partial charge in [-0.2, -0.15) is 0 Å². The number of hydrogen-bond donors (Lipinski definition) is 1. The zero-order chi connectivity index (χ0) is 19.2. The largest absolute Gasteiger partial charge is 0.390 e. The van der Waals surface area contributed by atoms with Gasteiger partial charge in [-0.1, -0.05) is 19.1 Å². The predicted octanol–water partition coefficient (Wildman–Crippen LogP) is 3.26. The molecule has 5 heteroatoms. The third-order valence-electron chi connectivity index (χ3n) is 5.30. The number of aryl methyl sites for hydroxylation is 2. The number of aliphatic hydroxyl groups excluding tert-OH is 1. The van der Waals surface area contributed by atoms with Crippen molar-refractivity contribution >= 4 is 11.6 Å². The van der Waals surface area contributed by atoms with Crippen LogP contribution in [0.1, 0.15) is 48.7 Å². The van der Waals surface area contributed by atoms with Crippen molar-refractivity contribution in [3.05, 3.63) is 53.0 Å². The zero-order valence-electron chi connectivity index (χ0n) is 16.3. The van der Waals surface area contributed by atoms with Gasteiger partial charge in [-0.25, -0.2) is 4.98 Å². The van der Waals surface area contributed by atoms with Gasteiger partial charge < -0.3 is 10.0 Å². The Labute approximate surface area is 161 Å². The van der Waals surface area contributed by atoms with Crippen LogP contribution < -0.4 is 4.90 Å². The number of ketones is 1. The second-order valence-corrected chi connectivity index (χ2v) is 7.64. The Kier molecular flexibility index (Phi) is 6.56. The molecular formula is C22H29N3O2. The molecule has 1 fully saturated rings. The molecular weight excluding hydrogens is 338 g/mol. The molecule has 2 aromatic heterocycles. The number of piperidine rings is 1. The molecule has 0 bridgehead atoms. The molecule has 0 spiro atoms. The summed E-state index contributed by atoms with van der Waals surface area (Å²) in [7, 11) is 0. The minimum absolute atomic E-state index is 0.0767. The number of rotatable bonds is 7. The Morgan fingerprint density at radius 2 is 2.00 bits per heavy atom. The molecule has 1 saturated heterocycles. The van der Waals surface area contributed by atoms with Gasteiger partial charge in [0, 0.05) is 37.8 Å². The normalized spacial score (nSPS) is 15.1. The molecule has 0 atom stereocenters. The molecule has 27 heavy (non-hydrogen) atoms. The maximum Gasteiger partial charge on any atom is 0.137 e. The summed E-state index contributed by atoms with van der Waals surface area (Å²) in [5.74, 6) is 2.04. The van der Waals surface area contributed by atoms with Crippen LogP contribution in [-0.2, 0) is 24.2 Å². The van der Waals surface area contributed by atoms with Crippen molar-refractivity contribution in [1.29, 1.82) is 0 Å². The summed E-state index contributed by atoms with van der Waals surface area (Å²) in [5.41, 5.74) is 3.70. The highest BCUT2D eigenvalue weighted by molar-refractivity contribution is 5.81. The van der Waals surface area contributed by atoms with Crippen LogP contribution in [0.2, 0.25) is 0 Å². The average Bonchev–Trinajstić information content (AvgIpc) is 2.68. The number of aliphatic hydroxyl groups is 1. The predicted molar refractivity (Wildman–Crippen MR) is 107 cm³/mol. The number of pyridine rings is 2. The van der Waals surface area contributed by atoms with Gasteiger partial charge >= 0.3 is 0 Å². The van der Waals surface area contributed by atoms with Crippen LogP contribution in [0.3, 0.4) is 0 Å². The van der Waals surface area contributed by atoms with Crippen LogP contribution >= 0.6 is 0 Å². The van der Waals surface area contributed by atoms with Crippen molar-refractivity contribution in [3.63, 3.8) is 0 Å². The standard InChI is InChI=1S/C22H29N3O2/c1-16-9-11-25(12-10-16)22-19(5-3-17(2)24-22)6-8-21(27)13-18-4-7-20(15-26)23-14-18/h3-5,7,14,16,26H,6,8-13,15H2,1-2H3. The molecule has 2 aromatic rings. The van der Waals surface area contributed by atoms with Crippen molar-refractivity contribution in [2.45, 2.75) is 52.6 Å². The molecule has 1 N–H and O–H groups in total. The summed E-state index contributed by atoms with van der Waals surface area (Å²) < 4.78 is 0. The Morgan fingerprint density at radius 1 is 1.22 bits per heavy atom. The molecule has 3 rings (SSSR count). The number of aromatic nitrogens is 2. The van der Waals surface area contributed by atoms with E-state index in [1.54, 1.807) is 12.3 Å². The fourth-order valence-electron chi connectivity index (χ4n) is 3.50. The Balaban J connectivity index is 1.62. The van der Waals surface area contributed by atoms with E-state index in [0.717, 1.165) is 48.1 Å². The van der Waals surface area contributed by atoms with E-state index in [-0.39, 0.29) is 12.4 Å². The van der Waals surface area contributed by atoms with Crippen molar-refractivity contribution in [3.8, 4) is 0 Å². The first-order chi connectivity index (χ1) is 13.0. The molecule has 144 valence electrons. The molecule has 5 nitrogen and oxygen atoms in total. The van der Waals surface area contributed by atoms with Crippen LogP contribution in [0, 0.1) is 12.8 Å². The van der Waals surface area contributed by atoms with Crippen molar-refractivity contribution in [2.24, 2.45) is 5.92 Å². The van der Waals surface area contributed by atoms with Crippen LogP contribution in [0.15, 0.2) is 30.5 Å². The Bertz CT molecular complexity index is 766. The molecule has 0 saturated carbocycles. The molecule has 0 amide bonds. The molecule has 1 aliphatic heterocycles. The zero-order valence-corrected chi connectivity index (χ0v) is 16.3. The number of carbonyl (C=O) groups is 1. The summed E-state index contributed by atoms with van der Waals surface area (Å²) >= 11 is 0. The first kappa shape index (κ1) is 19.5. The molecule has 0 unspecified atom stereocenters. The lowest BCUT2D eigenvalue weighted by Crippen LogP contribution is -2.34. The smallest absolute Gasteiger partial charge is 0.137 e. The second-order valence-electron chi connectivity index (χ2n) is 7.64. The fraction of sp³-hybridized carbons (Fsp3) is 0.500. The van der Waals surface area contributed by atoms with E-state index < -0.39 is 0 Å². The lowest BCUT2D eigenvalue weighted by molar-refractivity contribution is -0.118. The number of hydrogen-bond acceptors (Lipinski definition) is 5. The first-order valence-electron chi connectivity index (χ1n) is 9.83. The lowest BCUT2D eigenvalue weighted by Gasteiger charge is -2.32. The van der Waals surface area contributed by atoms with E-state index in [9.17, 15) is 4.79 Å². The monoisotopic (exact) mass is 367 g/mol. The molecule has 0 aliphatic carbocycles. The van der Waals surface area contributed by atoms with Crippen molar-refractivity contribution < 1.29 is 9.90 Å². The van der Waals surface area contributed by atoms with Gasteiger partial charge in [0.25, 0.3) is 0 Å². The molecule has 1 aliphatic rings. The highest BCUT2D eigenvalue weighted by Gasteiger charge is 2.20. The topological polar surface area (TPSA) is 66.3 Å². The Hall–Kier alpha value is -2.27. The van der Waals surface area contributed by atoms with Crippen LogP contribution in [0.4, 0.5) is 5.82 Å². The van der Waals surface area contributed by atoms with Crippen LogP contribution in [0.5, 0.6) is 0 Å². The molecule has 0 radical (unpaired) electrons. The van der Waals surface area contributed by atoms with E-state index in [4.69, 9.17) is 10.1 Å². The van der Waals surface area contributed by atoms with E-state index in [1.165, 1.54) is 12.8 Å². The summed E-state index contributed by atoms with van der Waals surface area (Å²) in [6, 6.07) is 7.79. The third kappa shape index (κ3) is 5.36. The van der Waals surface area contributed by atoms with E-state index >= 15 is 0 Å². The van der Waals surface area contributed by atoms with Crippen molar-refractivity contribution in [2.75, 3.05) is 18.0 Å². The highest BCUT2D eigenvalue weighted by atomic mass is 16.3. The SMILES string of the molecule is Cc1ccc(CCC(=O)Cc2ccc(CO)nc2)c(N2CCC(C)CC2)n1. The Morgan fingerprint density at radius 3 is 2.67 bits per heavy atom.